The third-order valence-corrected chi connectivity index (χ3v) is 3.34. The smallest absolute Gasteiger partial charge is 0.325 e. The van der Waals surface area contributed by atoms with E-state index in [-0.39, 0.29) is 18.4 Å². The minimum absolute atomic E-state index is 0.0306. The van der Waals surface area contributed by atoms with Crippen LogP contribution < -0.4 is 5.73 Å². The lowest BCUT2D eigenvalue weighted by Crippen LogP contribution is -2.39. The Hall–Kier alpha value is -1.88. The molecular weight excluding hydrogens is 268 g/mol. The van der Waals surface area contributed by atoms with E-state index >= 15 is 0 Å². The van der Waals surface area contributed by atoms with Crippen LogP contribution in [0.2, 0.25) is 0 Å². The second-order valence-corrected chi connectivity index (χ2v) is 5.09. The predicted octanol–water partition coefficient (Wildman–Crippen LogP) is 1.56. The maximum absolute atomic E-state index is 12.5. The molecule has 1 aromatic carbocycles. The van der Waals surface area contributed by atoms with Crippen LogP contribution in [0.25, 0.3) is 0 Å². The van der Waals surface area contributed by atoms with Crippen LogP contribution in [0.4, 0.5) is 0 Å². The van der Waals surface area contributed by atoms with Gasteiger partial charge < -0.3 is 15.4 Å². The minimum Gasteiger partial charge on any atom is -0.468 e. The summed E-state index contributed by atoms with van der Waals surface area (Å²) in [5, 5.41) is 0. The summed E-state index contributed by atoms with van der Waals surface area (Å²) in [6.07, 6.45) is 1.52. The second-order valence-electron chi connectivity index (χ2n) is 5.09. The summed E-state index contributed by atoms with van der Waals surface area (Å²) in [4.78, 5) is 25.5. The van der Waals surface area contributed by atoms with E-state index < -0.39 is 5.97 Å². The Balaban J connectivity index is 2.76. The van der Waals surface area contributed by atoms with Gasteiger partial charge in [0.1, 0.15) is 6.54 Å². The van der Waals surface area contributed by atoms with Crippen LogP contribution in [0.15, 0.2) is 30.3 Å². The number of carbonyl (C=O) groups is 2. The van der Waals surface area contributed by atoms with Crippen LogP contribution in [0, 0.1) is 5.92 Å². The molecule has 2 N–H and O–H groups in total. The lowest BCUT2D eigenvalue weighted by atomic mass is 10.0. The topological polar surface area (TPSA) is 72.6 Å². The van der Waals surface area contributed by atoms with E-state index in [0.29, 0.717) is 13.1 Å². The lowest BCUT2D eigenvalue weighted by molar-refractivity contribution is -0.148. The molecule has 0 fully saturated rings. The molecule has 116 valence electrons. The van der Waals surface area contributed by atoms with Crippen molar-refractivity contribution >= 4 is 11.9 Å². The Morgan fingerprint density at radius 2 is 1.95 bits per heavy atom. The monoisotopic (exact) mass is 292 g/mol. The molecule has 5 heteroatoms. The first kappa shape index (κ1) is 17.2. The Morgan fingerprint density at radius 3 is 2.52 bits per heavy atom. The van der Waals surface area contributed by atoms with Crippen LogP contribution in [0.5, 0.6) is 0 Å². The van der Waals surface area contributed by atoms with Crippen molar-refractivity contribution in [2.45, 2.75) is 26.3 Å². The van der Waals surface area contributed by atoms with Crippen LogP contribution in [-0.4, -0.2) is 37.0 Å². The third-order valence-electron chi connectivity index (χ3n) is 3.34. The zero-order chi connectivity index (χ0) is 15.7. The molecule has 0 saturated carbocycles. The molecule has 21 heavy (non-hydrogen) atoms. The average molecular weight is 292 g/mol. The van der Waals surface area contributed by atoms with Crippen LogP contribution in [0.3, 0.4) is 0 Å². The van der Waals surface area contributed by atoms with Gasteiger partial charge in [-0.3, -0.25) is 9.59 Å². The van der Waals surface area contributed by atoms with Crippen molar-refractivity contribution < 1.29 is 14.3 Å². The number of rotatable bonds is 8. The number of esters is 1. The Kier molecular flexibility index (Phi) is 7.46. The normalized spacial score (nSPS) is 11.8. The summed E-state index contributed by atoms with van der Waals surface area (Å²) >= 11 is 0. The standard InChI is InChI=1S/C16H24N2O3/c1-13(7-6-10-17)16(20)18(12-15(19)21-2)11-14-8-4-3-5-9-14/h3-5,8-9,13H,6-7,10-12,17H2,1-2H3. The van der Waals surface area contributed by atoms with E-state index in [1.807, 2.05) is 37.3 Å². The first-order valence-electron chi connectivity index (χ1n) is 7.18. The molecule has 1 rings (SSSR count). The van der Waals surface area contributed by atoms with Crippen molar-refractivity contribution in [1.82, 2.24) is 4.90 Å². The lowest BCUT2D eigenvalue weighted by Gasteiger charge is -2.25. The van der Waals surface area contributed by atoms with E-state index in [2.05, 4.69) is 4.74 Å². The van der Waals surface area contributed by atoms with Gasteiger partial charge in [-0.05, 0) is 24.9 Å². The predicted molar refractivity (Wildman–Crippen MR) is 81.3 cm³/mol. The summed E-state index contributed by atoms with van der Waals surface area (Å²) in [5.41, 5.74) is 6.47. The van der Waals surface area contributed by atoms with Gasteiger partial charge in [0.2, 0.25) is 5.91 Å². The third kappa shape index (κ3) is 5.95. The van der Waals surface area contributed by atoms with Crippen LogP contribution >= 0.6 is 0 Å². The molecule has 5 nitrogen and oxygen atoms in total. The maximum Gasteiger partial charge on any atom is 0.325 e. The van der Waals surface area contributed by atoms with E-state index in [1.54, 1.807) is 4.90 Å². The van der Waals surface area contributed by atoms with Crippen LogP contribution in [-0.2, 0) is 20.9 Å². The molecule has 1 unspecified atom stereocenters. The number of methoxy groups -OCH3 is 1. The zero-order valence-electron chi connectivity index (χ0n) is 12.7. The Bertz CT molecular complexity index is 448. The van der Waals surface area contributed by atoms with Gasteiger partial charge in [0.25, 0.3) is 0 Å². The molecular formula is C16H24N2O3. The first-order valence-corrected chi connectivity index (χ1v) is 7.18. The highest BCUT2D eigenvalue weighted by atomic mass is 16.5. The Labute approximate surface area is 126 Å². The highest BCUT2D eigenvalue weighted by Crippen LogP contribution is 2.13. The molecule has 0 spiro atoms. The fourth-order valence-electron chi connectivity index (χ4n) is 2.10. The molecule has 0 aliphatic carbocycles. The number of benzene rings is 1. The molecule has 0 aliphatic heterocycles. The zero-order valence-corrected chi connectivity index (χ0v) is 12.7. The summed E-state index contributed by atoms with van der Waals surface area (Å²) in [6, 6.07) is 9.60. The number of nitrogens with zero attached hydrogens (tertiary/aromatic N) is 1. The van der Waals surface area contributed by atoms with Gasteiger partial charge in [-0.2, -0.15) is 0 Å². The summed E-state index contributed by atoms with van der Waals surface area (Å²) in [5.74, 6) is -0.607. The minimum atomic E-state index is -0.412. The van der Waals surface area contributed by atoms with E-state index in [1.165, 1.54) is 7.11 Å². The molecule has 0 heterocycles. The molecule has 1 aromatic rings. The quantitative estimate of drug-likeness (QED) is 0.738. The number of amides is 1. The SMILES string of the molecule is COC(=O)CN(Cc1ccccc1)C(=O)C(C)CCCN. The molecule has 0 aromatic heterocycles. The molecule has 0 radical (unpaired) electrons. The number of hydrogen-bond acceptors (Lipinski definition) is 4. The number of carbonyl (C=O) groups excluding carboxylic acids is 2. The number of ether oxygens (including phenoxy) is 1. The largest absolute Gasteiger partial charge is 0.468 e. The summed E-state index contributed by atoms with van der Waals surface area (Å²) < 4.78 is 4.68. The van der Waals surface area contributed by atoms with Crippen LogP contribution in [0.1, 0.15) is 25.3 Å². The van der Waals surface area contributed by atoms with Crippen molar-refractivity contribution in [3.05, 3.63) is 35.9 Å². The molecule has 0 saturated heterocycles. The van der Waals surface area contributed by atoms with Crippen molar-refractivity contribution in [1.29, 1.82) is 0 Å². The highest BCUT2D eigenvalue weighted by Gasteiger charge is 2.22. The van der Waals surface area contributed by atoms with Gasteiger partial charge in [0.15, 0.2) is 0 Å². The van der Waals surface area contributed by atoms with Gasteiger partial charge >= 0.3 is 5.97 Å². The number of nitrogens with two attached hydrogens (primary N) is 1. The van der Waals surface area contributed by atoms with Gasteiger partial charge in [-0.1, -0.05) is 37.3 Å². The average Bonchev–Trinajstić information content (AvgIpc) is 2.52. The van der Waals surface area contributed by atoms with Gasteiger partial charge in [0.05, 0.1) is 7.11 Å². The van der Waals surface area contributed by atoms with Crippen molar-refractivity contribution in [3.63, 3.8) is 0 Å². The second kappa shape index (κ2) is 9.13. The molecule has 0 bridgehead atoms. The fraction of sp³-hybridized carbons (Fsp3) is 0.500. The number of hydrogen-bond donors (Lipinski definition) is 1. The van der Waals surface area contributed by atoms with E-state index in [9.17, 15) is 9.59 Å². The Morgan fingerprint density at radius 1 is 1.29 bits per heavy atom. The van der Waals surface area contributed by atoms with Crippen molar-refractivity contribution in [2.75, 3.05) is 20.2 Å². The van der Waals surface area contributed by atoms with Crippen molar-refractivity contribution in [2.24, 2.45) is 11.7 Å². The van der Waals surface area contributed by atoms with Gasteiger partial charge in [0, 0.05) is 12.5 Å². The van der Waals surface area contributed by atoms with E-state index in [0.717, 1.165) is 18.4 Å². The maximum atomic E-state index is 12.5. The van der Waals surface area contributed by atoms with Gasteiger partial charge in [-0.25, -0.2) is 0 Å². The summed E-state index contributed by atoms with van der Waals surface area (Å²) in [7, 11) is 1.32. The summed E-state index contributed by atoms with van der Waals surface area (Å²) in [6.45, 7) is 2.81. The van der Waals surface area contributed by atoms with Gasteiger partial charge in [-0.15, -0.1) is 0 Å². The molecule has 1 amide bonds. The first-order chi connectivity index (χ1) is 10.1. The highest BCUT2D eigenvalue weighted by molar-refractivity contribution is 5.83. The fourth-order valence-corrected chi connectivity index (χ4v) is 2.10. The molecule has 0 aliphatic rings. The van der Waals surface area contributed by atoms with E-state index in [4.69, 9.17) is 5.73 Å². The van der Waals surface area contributed by atoms with Crippen molar-refractivity contribution in [3.8, 4) is 0 Å². The molecule has 1 atom stereocenters.